The number of aryl methyl sites for hydroxylation is 1. The van der Waals surface area contributed by atoms with Crippen molar-refractivity contribution in [2.45, 2.75) is 66.0 Å². The molecule has 6 nitrogen and oxygen atoms in total. The number of likely N-dealkylation sites (N-methyl/N-ethyl adjacent to an activating group) is 1. The maximum absolute atomic E-state index is 12.4. The average Bonchev–Trinajstić information content (AvgIpc) is 2.91. The summed E-state index contributed by atoms with van der Waals surface area (Å²) < 4.78 is 11.3. The van der Waals surface area contributed by atoms with Crippen LogP contribution < -0.4 is 4.74 Å². The molecule has 2 aromatic rings. The summed E-state index contributed by atoms with van der Waals surface area (Å²) in [6, 6.07) is 14.2. The molecule has 0 saturated carbocycles. The van der Waals surface area contributed by atoms with Crippen LogP contribution in [0.4, 0.5) is 0 Å². The summed E-state index contributed by atoms with van der Waals surface area (Å²) in [5.41, 5.74) is 4.03. The van der Waals surface area contributed by atoms with Gasteiger partial charge in [-0.2, -0.15) is 0 Å². The van der Waals surface area contributed by atoms with E-state index in [-0.39, 0.29) is 18.4 Å². The molecule has 6 heteroatoms. The van der Waals surface area contributed by atoms with Crippen molar-refractivity contribution in [3.8, 4) is 5.75 Å². The first-order valence-corrected chi connectivity index (χ1v) is 13.9. The lowest BCUT2D eigenvalue weighted by Crippen LogP contribution is -2.43. The van der Waals surface area contributed by atoms with Gasteiger partial charge in [0.15, 0.2) is 0 Å². The topological polar surface area (TPSA) is 76.1 Å². The van der Waals surface area contributed by atoms with Crippen molar-refractivity contribution in [2.75, 3.05) is 13.7 Å². The third-order valence-corrected chi connectivity index (χ3v) is 7.85. The molecule has 0 amide bonds. The Kier molecular flexibility index (Phi) is 8.96. The largest absolute Gasteiger partial charge is 0.497 e. The Morgan fingerprint density at radius 2 is 1.77 bits per heavy atom. The number of rotatable bonds is 9. The Balaban J connectivity index is 1.50. The molecule has 39 heavy (non-hydrogen) atoms. The van der Waals surface area contributed by atoms with Crippen LogP contribution >= 0.6 is 0 Å². The van der Waals surface area contributed by atoms with Crippen molar-refractivity contribution < 1.29 is 24.2 Å². The summed E-state index contributed by atoms with van der Waals surface area (Å²) >= 11 is 0. The summed E-state index contributed by atoms with van der Waals surface area (Å²) in [4.78, 5) is 25.9. The highest BCUT2D eigenvalue weighted by molar-refractivity contribution is 5.77. The van der Waals surface area contributed by atoms with E-state index in [4.69, 9.17) is 14.6 Å². The first-order valence-electron chi connectivity index (χ1n) is 13.9. The fraction of sp³-hybridized carbons (Fsp3) is 0.455. The van der Waals surface area contributed by atoms with Crippen LogP contribution in [0, 0.1) is 17.3 Å². The molecule has 2 aliphatic rings. The number of benzene rings is 2. The average molecular weight is 532 g/mol. The molecular formula is C33H41NO5. The Labute approximate surface area is 232 Å². The molecule has 0 saturated heterocycles. The van der Waals surface area contributed by atoms with Gasteiger partial charge < -0.3 is 14.6 Å². The lowest BCUT2D eigenvalue weighted by molar-refractivity contribution is -0.143. The predicted molar refractivity (Wildman–Crippen MR) is 152 cm³/mol. The van der Waals surface area contributed by atoms with E-state index in [9.17, 15) is 9.59 Å². The summed E-state index contributed by atoms with van der Waals surface area (Å²) in [6.45, 7) is 9.44. The zero-order valence-electron chi connectivity index (χ0n) is 23.8. The van der Waals surface area contributed by atoms with E-state index in [1.165, 1.54) is 11.1 Å². The third-order valence-electron chi connectivity index (χ3n) is 7.85. The Bertz CT molecular complexity index is 1240. The standard InChI is InChI=1S/C33H41NO5/c1-6-34(21-23-9-7-22(8-10-23)17-31(35)36)30-20-27(38-5)15-16-29(30)26-12-11-25-19-28(14-13-24(25)18-26)39-32(37)33(2,3)4/h7-10,13-16,19-20,26,29-30H,6,11-12,17-18,21H2,1-5H3,(H,35,36)/t26-,29?,30?/m1/s1. The fourth-order valence-corrected chi connectivity index (χ4v) is 5.59. The molecule has 0 spiro atoms. The maximum Gasteiger partial charge on any atom is 0.316 e. The van der Waals surface area contributed by atoms with E-state index in [1.54, 1.807) is 7.11 Å². The van der Waals surface area contributed by atoms with Gasteiger partial charge in [0.1, 0.15) is 11.5 Å². The summed E-state index contributed by atoms with van der Waals surface area (Å²) in [7, 11) is 1.71. The molecule has 0 heterocycles. The number of fused-ring (bicyclic) bond motifs is 1. The highest BCUT2D eigenvalue weighted by Crippen LogP contribution is 2.38. The summed E-state index contributed by atoms with van der Waals surface area (Å²) in [5, 5.41) is 9.08. The highest BCUT2D eigenvalue weighted by atomic mass is 16.5. The first-order chi connectivity index (χ1) is 18.6. The van der Waals surface area contributed by atoms with E-state index in [2.05, 4.69) is 36.1 Å². The van der Waals surface area contributed by atoms with Crippen molar-refractivity contribution >= 4 is 11.9 Å². The van der Waals surface area contributed by atoms with Gasteiger partial charge in [0.05, 0.1) is 18.9 Å². The molecule has 0 fully saturated rings. The molecule has 2 unspecified atom stereocenters. The molecule has 0 bridgehead atoms. The zero-order valence-corrected chi connectivity index (χ0v) is 23.8. The predicted octanol–water partition coefficient (Wildman–Crippen LogP) is 5.98. The lowest BCUT2D eigenvalue weighted by Gasteiger charge is -2.41. The van der Waals surface area contributed by atoms with Crippen LogP contribution in [0.1, 0.15) is 56.4 Å². The van der Waals surface area contributed by atoms with Crippen LogP contribution in [-0.2, 0) is 40.1 Å². The molecule has 2 aromatic carbocycles. The zero-order chi connectivity index (χ0) is 28.2. The van der Waals surface area contributed by atoms with E-state index >= 15 is 0 Å². The molecule has 3 atom stereocenters. The number of carbonyl (C=O) groups is 2. The molecule has 2 aliphatic carbocycles. The quantitative estimate of drug-likeness (QED) is 0.317. The SMILES string of the molecule is CCN(Cc1ccc(CC(=O)O)cc1)C1C=C(OC)C=CC1[C@@H]1CCc2cc(OC(=O)C(C)(C)C)ccc2C1. The number of carboxylic acids is 1. The fourth-order valence-electron chi connectivity index (χ4n) is 5.59. The number of allylic oxidation sites excluding steroid dienone is 1. The van der Waals surface area contributed by atoms with Gasteiger partial charge in [-0.15, -0.1) is 0 Å². The number of hydrogen-bond acceptors (Lipinski definition) is 5. The number of aliphatic carboxylic acids is 1. The van der Waals surface area contributed by atoms with Gasteiger partial charge in [-0.3, -0.25) is 14.5 Å². The molecule has 0 aromatic heterocycles. The van der Waals surface area contributed by atoms with E-state index in [0.717, 1.165) is 49.2 Å². The molecular weight excluding hydrogens is 490 g/mol. The Morgan fingerprint density at radius 3 is 2.41 bits per heavy atom. The second kappa shape index (κ2) is 12.2. The van der Waals surface area contributed by atoms with Crippen LogP contribution in [0.3, 0.4) is 0 Å². The van der Waals surface area contributed by atoms with Gasteiger partial charge in [0.25, 0.3) is 0 Å². The van der Waals surface area contributed by atoms with E-state index in [0.29, 0.717) is 17.6 Å². The number of nitrogens with zero attached hydrogens (tertiary/aromatic N) is 1. The minimum absolute atomic E-state index is 0.0386. The third kappa shape index (κ3) is 7.18. The second-order valence-electron chi connectivity index (χ2n) is 11.7. The van der Waals surface area contributed by atoms with Crippen LogP contribution in [-0.4, -0.2) is 41.6 Å². The number of carboxylic acid groups (broad SMARTS) is 1. The Hall–Kier alpha value is -3.38. The van der Waals surface area contributed by atoms with Crippen molar-refractivity contribution in [1.82, 2.24) is 4.90 Å². The van der Waals surface area contributed by atoms with Gasteiger partial charge in [-0.25, -0.2) is 0 Å². The number of carbonyl (C=O) groups excluding carboxylic acids is 1. The van der Waals surface area contributed by atoms with Crippen molar-refractivity contribution in [3.05, 3.63) is 88.7 Å². The highest BCUT2D eigenvalue weighted by Gasteiger charge is 2.35. The van der Waals surface area contributed by atoms with Gasteiger partial charge >= 0.3 is 11.9 Å². The second-order valence-corrected chi connectivity index (χ2v) is 11.7. The van der Waals surface area contributed by atoms with E-state index < -0.39 is 11.4 Å². The maximum atomic E-state index is 12.4. The van der Waals surface area contributed by atoms with Crippen LogP contribution in [0.25, 0.3) is 0 Å². The number of ether oxygens (including phenoxy) is 2. The van der Waals surface area contributed by atoms with E-state index in [1.807, 2.05) is 57.2 Å². The minimum atomic E-state index is -0.816. The van der Waals surface area contributed by atoms with Gasteiger partial charge in [-0.05, 0) is 105 Å². The minimum Gasteiger partial charge on any atom is -0.497 e. The molecule has 4 rings (SSSR count). The monoisotopic (exact) mass is 531 g/mol. The van der Waals surface area contributed by atoms with Crippen molar-refractivity contribution in [2.24, 2.45) is 17.3 Å². The van der Waals surface area contributed by atoms with Gasteiger partial charge in [-0.1, -0.05) is 43.3 Å². The van der Waals surface area contributed by atoms with Gasteiger partial charge in [0, 0.05) is 12.6 Å². The van der Waals surface area contributed by atoms with Crippen LogP contribution in [0.5, 0.6) is 5.75 Å². The van der Waals surface area contributed by atoms with Crippen molar-refractivity contribution in [3.63, 3.8) is 0 Å². The summed E-state index contributed by atoms with van der Waals surface area (Å²) in [6.07, 6.45) is 9.70. The van der Waals surface area contributed by atoms with Crippen molar-refractivity contribution in [1.29, 1.82) is 0 Å². The van der Waals surface area contributed by atoms with Crippen LogP contribution in [0.15, 0.2) is 66.5 Å². The van der Waals surface area contributed by atoms with Gasteiger partial charge in [0.2, 0.25) is 0 Å². The molecule has 1 N–H and O–H groups in total. The molecule has 0 radical (unpaired) electrons. The number of methoxy groups -OCH3 is 1. The number of hydrogen-bond donors (Lipinski definition) is 1. The smallest absolute Gasteiger partial charge is 0.316 e. The molecule has 0 aliphatic heterocycles. The summed E-state index contributed by atoms with van der Waals surface area (Å²) in [5.74, 6) is 1.28. The normalized spacial score (nSPS) is 20.8. The molecule has 208 valence electrons. The lowest BCUT2D eigenvalue weighted by atomic mass is 9.72. The Morgan fingerprint density at radius 1 is 1.05 bits per heavy atom. The van der Waals surface area contributed by atoms with Crippen LogP contribution in [0.2, 0.25) is 0 Å². The number of esters is 1. The first kappa shape index (κ1) is 28.6.